The van der Waals surface area contributed by atoms with E-state index in [0.717, 1.165) is 43.1 Å². The van der Waals surface area contributed by atoms with E-state index in [0.29, 0.717) is 11.9 Å². The van der Waals surface area contributed by atoms with Gasteiger partial charge in [-0.25, -0.2) is 0 Å². The van der Waals surface area contributed by atoms with Crippen LogP contribution in [0.3, 0.4) is 0 Å². The Morgan fingerprint density at radius 2 is 1.82 bits per heavy atom. The summed E-state index contributed by atoms with van der Waals surface area (Å²) in [6.45, 7) is 1.39. The molecule has 0 spiro atoms. The number of ether oxygens (including phenoxy) is 1. The molecule has 22 heavy (non-hydrogen) atoms. The summed E-state index contributed by atoms with van der Waals surface area (Å²) >= 11 is 0. The average molecular weight is 344 g/mol. The molecule has 0 bridgehead atoms. The summed E-state index contributed by atoms with van der Waals surface area (Å²) in [7, 11) is -0.761. The topological polar surface area (TPSA) is 47.7 Å². The predicted octanol–water partition coefficient (Wildman–Crippen LogP) is 3.19. The summed E-state index contributed by atoms with van der Waals surface area (Å²) in [6, 6.07) is 10.2. The Labute approximate surface area is 138 Å². The van der Waals surface area contributed by atoms with Crippen LogP contribution in [0.15, 0.2) is 30.3 Å². The molecule has 0 aliphatic carbocycles. The third-order valence-corrected chi connectivity index (χ3v) is 7.37. The maximum atomic E-state index is 11.5. The first-order valence-corrected chi connectivity index (χ1v) is 11.0. The van der Waals surface area contributed by atoms with Crippen molar-refractivity contribution in [3.63, 3.8) is 0 Å². The number of hydrogen-bond donors (Lipinski definition) is 0. The highest BCUT2D eigenvalue weighted by atomic mass is 32.2. The van der Waals surface area contributed by atoms with Gasteiger partial charge in [-0.3, -0.25) is 8.42 Å². The van der Waals surface area contributed by atoms with Crippen molar-refractivity contribution in [3.05, 3.63) is 35.9 Å². The van der Waals surface area contributed by atoms with Gasteiger partial charge >= 0.3 is 0 Å². The minimum absolute atomic E-state index is 0.173. The first-order valence-electron chi connectivity index (χ1n) is 8.11. The molecule has 3 rings (SSSR count). The SMILES string of the molecule is O=S1CCCC1CCOCc1ccccc1.[OH+]=S1CCCC1. The molecule has 1 aromatic rings. The van der Waals surface area contributed by atoms with Crippen LogP contribution in [0, 0.1) is 0 Å². The Morgan fingerprint density at radius 1 is 1.09 bits per heavy atom. The van der Waals surface area contributed by atoms with Gasteiger partial charge in [0.15, 0.2) is 10.8 Å². The van der Waals surface area contributed by atoms with Crippen LogP contribution in [0.4, 0.5) is 0 Å². The summed E-state index contributed by atoms with van der Waals surface area (Å²) in [6.07, 6.45) is 5.68. The molecule has 2 aliphatic rings. The minimum atomic E-state index is -0.589. The molecule has 124 valence electrons. The monoisotopic (exact) mass is 343 g/mol. The van der Waals surface area contributed by atoms with Crippen LogP contribution in [0.1, 0.15) is 37.7 Å². The molecule has 0 aromatic heterocycles. The van der Waals surface area contributed by atoms with Gasteiger partial charge < -0.3 is 4.74 Å². The quantitative estimate of drug-likeness (QED) is 0.609. The third-order valence-electron chi connectivity index (χ3n) is 3.95. The molecular formula is C17H27O3S2+. The zero-order chi connectivity index (χ0) is 15.6. The summed E-state index contributed by atoms with van der Waals surface area (Å²) in [5.74, 6) is 3.03. The highest BCUT2D eigenvalue weighted by Crippen LogP contribution is 2.19. The molecule has 1 N–H and O–H groups in total. The van der Waals surface area contributed by atoms with E-state index in [4.69, 9.17) is 8.95 Å². The van der Waals surface area contributed by atoms with Crippen LogP contribution in [0.25, 0.3) is 0 Å². The average Bonchev–Trinajstić information content (AvgIpc) is 3.17. The Hall–Kier alpha value is -0.520. The molecule has 2 fully saturated rings. The molecule has 0 saturated carbocycles. The molecule has 1 aromatic carbocycles. The number of rotatable bonds is 5. The van der Waals surface area contributed by atoms with Gasteiger partial charge in [-0.05, 0) is 37.7 Å². The van der Waals surface area contributed by atoms with Crippen LogP contribution in [0.5, 0.6) is 0 Å². The highest BCUT2D eigenvalue weighted by molar-refractivity contribution is 7.86. The second-order valence-corrected chi connectivity index (χ2v) is 9.33. The molecule has 2 aliphatic heterocycles. The minimum Gasteiger partial charge on any atom is -0.377 e. The predicted molar refractivity (Wildman–Crippen MR) is 95.0 cm³/mol. The van der Waals surface area contributed by atoms with Gasteiger partial charge in [-0.2, -0.15) is 0 Å². The molecule has 2 saturated heterocycles. The van der Waals surface area contributed by atoms with Crippen molar-refractivity contribution in [2.45, 2.75) is 44.0 Å². The zero-order valence-corrected chi connectivity index (χ0v) is 14.7. The lowest BCUT2D eigenvalue weighted by Gasteiger charge is -2.08. The normalized spacial score (nSPS) is 24.9. The van der Waals surface area contributed by atoms with Crippen molar-refractivity contribution in [3.8, 4) is 0 Å². The van der Waals surface area contributed by atoms with E-state index in [1.807, 2.05) is 18.2 Å². The van der Waals surface area contributed by atoms with E-state index in [1.54, 1.807) is 0 Å². The van der Waals surface area contributed by atoms with Gasteiger partial charge in [0.25, 0.3) is 0 Å². The van der Waals surface area contributed by atoms with Crippen molar-refractivity contribution >= 4 is 21.6 Å². The van der Waals surface area contributed by atoms with E-state index >= 15 is 0 Å². The summed E-state index contributed by atoms with van der Waals surface area (Å²) in [5.41, 5.74) is 1.20. The van der Waals surface area contributed by atoms with E-state index in [2.05, 4.69) is 12.1 Å². The standard InChI is InChI=1S/C13H18O2S.C4H8OS/c14-16-10-4-7-13(16)8-9-15-11-12-5-2-1-3-6-12;5-6-3-1-2-4-6/h1-3,5-6,13H,4,7-11H2;1-4H2/p+1. The summed E-state index contributed by atoms with van der Waals surface area (Å²) < 4.78 is 25.8. The van der Waals surface area contributed by atoms with Crippen molar-refractivity contribution in [1.29, 1.82) is 0 Å². The number of hydrogen-bond acceptors (Lipinski definition) is 2. The van der Waals surface area contributed by atoms with E-state index < -0.39 is 10.8 Å². The lowest BCUT2D eigenvalue weighted by molar-refractivity contribution is 0.118. The second-order valence-electron chi connectivity index (χ2n) is 5.75. The van der Waals surface area contributed by atoms with Gasteiger partial charge in [0.05, 0.1) is 18.1 Å². The summed E-state index contributed by atoms with van der Waals surface area (Å²) in [4.78, 5) is 0. The van der Waals surface area contributed by atoms with Crippen LogP contribution in [-0.4, -0.2) is 37.5 Å². The van der Waals surface area contributed by atoms with Crippen LogP contribution in [0.2, 0.25) is 0 Å². The van der Waals surface area contributed by atoms with Gasteiger partial charge in [0, 0.05) is 28.4 Å². The van der Waals surface area contributed by atoms with Crippen LogP contribution in [-0.2, 0) is 32.9 Å². The molecule has 5 heteroatoms. The Balaban J connectivity index is 0.000000246. The smallest absolute Gasteiger partial charge is 0.186 e. The van der Waals surface area contributed by atoms with Gasteiger partial charge in [0.2, 0.25) is 0 Å². The largest absolute Gasteiger partial charge is 0.377 e. The highest BCUT2D eigenvalue weighted by Gasteiger charge is 2.22. The molecule has 2 atom stereocenters. The van der Waals surface area contributed by atoms with Crippen molar-refractivity contribution in [2.75, 3.05) is 23.9 Å². The molecule has 0 radical (unpaired) electrons. The third kappa shape index (κ3) is 6.71. The Bertz CT molecular complexity index is 468. The lowest BCUT2D eigenvalue weighted by atomic mass is 10.2. The summed E-state index contributed by atoms with van der Waals surface area (Å²) in [5, 5.41) is 0.385. The van der Waals surface area contributed by atoms with E-state index in [9.17, 15) is 4.21 Å². The first kappa shape index (κ1) is 17.8. The van der Waals surface area contributed by atoms with Crippen molar-refractivity contribution in [1.82, 2.24) is 0 Å². The Kier molecular flexibility index (Phi) is 8.34. The van der Waals surface area contributed by atoms with E-state index in [1.165, 1.54) is 18.4 Å². The van der Waals surface area contributed by atoms with Gasteiger partial charge in [-0.1, -0.05) is 30.3 Å². The fourth-order valence-corrected chi connectivity index (χ4v) is 5.50. The van der Waals surface area contributed by atoms with Gasteiger partial charge in [-0.15, -0.1) is 0 Å². The Morgan fingerprint density at radius 3 is 2.36 bits per heavy atom. The van der Waals surface area contributed by atoms with Crippen LogP contribution >= 0.6 is 0 Å². The zero-order valence-electron chi connectivity index (χ0n) is 13.1. The molecule has 0 amide bonds. The lowest BCUT2D eigenvalue weighted by Crippen LogP contribution is -2.12. The fourth-order valence-electron chi connectivity index (χ4n) is 2.65. The van der Waals surface area contributed by atoms with Crippen molar-refractivity contribution < 1.29 is 13.2 Å². The molecule has 2 heterocycles. The second kappa shape index (κ2) is 10.3. The van der Waals surface area contributed by atoms with E-state index in [-0.39, 0.29) is 10.8 Å². The van der Waals surface area contributed by atoms with Crippen molar-refractivity contribution in [2.24, 2.45) is 0 Å². The fraction of sp³-hybridized carbons (Fsp3) is 0.647. The van der Waals surface area contributed by atoms with Gasteiger partial charge in [0.1, 0.15) is 0 Å². The molecule has 3 nitrogen and oxygen atoms in total. The molecular weight excluding hydrogens is 316 g/mol. The first-order chi connectivity index (χ1) is 10.8. The maximum absolute atomic E-state index is 11.5. The van der Waals surface area contributed by atoms with Crippen LogP contribution < -0.4 is 0 Å². The maximum Gasteiger partial charge on any atom is 0.186 e. The molecule has 2 unspecified atom stereocenters. The number of benzene rings is 1.